The molecule has 0 spiro atoms. The summed E-state index contributed by atoms with van der Waals surface area (Å²) in [5, 5.41) is 3.66. The van der Waals surface area contributed by atoms with Gasteiger partial charge < -0.3 is 10.1 Å². The molecule has 2 rings (SSSR count). The molecule has 1 aromatic rings. The summed E-state index contributed by atoms with van der Waals surface area (Å²) in [7, 11) is 0. The summed E-state index contributed by atoms with van der Waals surface area (Å²) in [6.07, 6.45) is 6.30. The molecule has 0 bridgehead atoms. The normalized spacial score (nSPS) is 27.6. The Hall–Kier alpha value is -0.930. The molecule has 3 heteroatoms. The van der Waals surface area contributed by atoms with Crippen molar-refractivity contribution in [3.8, 4) is 0 Å². The SMILES string of the molecule is CC1CC(N[C@@H](C)c2ccncc2)CCO1. The molecule has 2 heterocycles. The van der Waals surface area contributed by atoms with E-state index in [0.717, 1.165) is 19.4 Å². The summed E-state index contributed by atoms with van der Waals surface area (Å²) < 4.78 is 5.55. The molecule has 1 aliphatic rings. The van der Waals surface area contributed by atoms with Gasteiger partial charge in [0.2, 0.25) is 0 Å². The number of nitrogens with one attached hydrogen (secondary N) is 1. The zero-order chi connectivity index (χ0) is 11.4. The van der Waals surface area contributed by atoms with Gasteiger partial charge in [-0.25, -0.2) is 0 Å². The van der Waals surface area contributed by atoms with Crippen LogP contribution in [0.4, 0.5) is 0 Å². The molecular formula is C13H20N2O. The third-order valence-electron chi connectivity index (χ3n) is 3.18. The van der Waals surface area contributed by atoms with Gasteiger partial charge in [-0.3, -0.25) is 4.98 Å². The fourth-order valence-electron chi connectivity index (χ4n) is 2.25. The van der Waals surface area contributed by atoms with E-state index < -0.39 is 0 Å². The molecule has 1 aromatic heterocycles. The highest BCUT2D eigenvalue weighted by molar-refractivity contribution is 5.14. The van der Waals surface area contributed by atoms with Gasteiger partial charge in [0.1, 0.15) is 0 Å². The largest absolute Gasteiger partial charge is 0.378 e. The van der Waals surface area contributed by atoms with Gasteiger partial charge >= 0.3 is 0 Å². The molecule has 88 valence electrons. The van der Waals surface area contributed by atoms with E-state index in [1.165, 1.54) is 5.56 Å². The van der Waals surface area contributed by atoms with Gasteiger partial charge in [0.25, 0.3) is 0 Å². The second-order valence-electron chi connectivity index (χ2n) is 4.57. The lowest BCUT2D eigenvalue weighted by Crippen LogP contribution is -2.39. The van der Waals surface area contributed by atoms with E-state index in [2.05, 4.69) is 36.3 Å². The Kier molecular flexibility index (Phi) is 3.91. The molecule has 0 aliphatic carbocycles. The average Bonchev–Trinajstić information content (AvgIpc) is 2.30. The summed E-state index contributed by atoms with van der Waals surface area (Å²) in [4.78, 5) is 4.04. The third-order valence-corrected chi connectivity index (χ3v) is 3.18. The first-order valence-corrected chi connectivity index (χ1v) is 6.03. The van der Waals surface area contributed by atoms with Gasteiger partial charge in [0, 0.05) is 31.1 Å². The molecule has 3 atom stereocenters. The van der Waals surface area contributed by atoms with Crippen molar-refractivity contribution in [2.24, 2.45) is 0 Å². The molecule has 2 unspecified atom stereocenters. The Balaban J connectivity index is 1.89. The monoisotopic (exact) mass is 220 g/mol. The van der Waals surface area contributed by atoms with Crippen LogP contribution in [0, 0.1) is 0 Å². The van der Waals surface area contributed by atoms with E-state index in [9.17, 15) is 0 Å². The predicted octanol–water partition coefficient (Wildman–Crippen LogP) is 2.30. The maximum atomic E-state index is 5.55. The van der Waals surface area contributed by atoms with Crippen LogP contribution in [-0.4, -0.2) is 23.7 Å². The van der Waals surface area contributed by atoms with Crippen molar-refractivity contribution in [1.82, 2.24) is 10.3 Å². The van der Waals surface area contributed by atoms with Crippen LogP contribution in [0.15, 0.2) is 24.5 Å². The fraction of sp³-hybridized carbons (Fsp3) is 0.615. The molecular weight excluding hydrogens is 200 g/mol. The third kappa shape index (κ3) is 3.03. The number of hydrogen-bond acceptors (Lipinski definition) is 3. The molecule has 0 radical (unpaired) electrons. The standard InChI is InChI=1S/C13H20N2O/c1-10-9-13(5-8-16-10)15-11(2)12-3-6-14-7-4-12/h3-4,6-7,10-11,13,15H,5,8-9H2,1-2H3/t10?,11-,13?/m0/s1. The van der Waals surface area contributed by atoms with Crippen LogP contribution < -0.4 is 5.32 Å². The fourth-order valence-corrected chi connectivity index (χ4v) is 2.25. The number of ether oxygens (including phenoxy) is 1. The number of nitrogens with zero attached hydrogens (tertiary/aromatic N) is 1. The molecule has 16 heavy (non-hydrogen) atoms. The van der Waals surface area contributed by atoms with E-state index in [0.29, 0.717) is 18.2 Å². The van der Waals surface area contributed by atoms with E-state index in [4.69, 9.17) is 4.74 Å². The highest BCUT2D eigenvalue weighted by Gasteiger charge is 2.20. The molecule has 0 amide bonds. The Bertz CT molecular complexity index is 315. The minimum Gasteiger partial charge on any atom is -0.378 e. The minimum absolute atomic E-state index is 0.385. The van der Waals surface area contributed by atoms with Crippen molar-refractivity contribution >= 4 is 0 Å². The Labute approximate surface area is 97.2 Å². The molecule has 0 aromatic carbocycles. The first-order chi connectivity index (χ1) is 7.75. The van der Waals surface area contributed by atoms with Gasteiger partial charge in [-0.05, 0) is 44.4 Å². The van der Waals surface area contributed by atoms with E-state index >= 15 is 0 Å². The molecule has 3 nitrogen and oxygen atoms in total. The molecule has 1 saturated heterocycles. The Morgan fingerprint density at radius 1 is 1.44 bits per heavy atom. The van der Waals surface area contributed by atoms with Crippen LogP contribution in [0.5, 0.6) is 0 Å². The summed E-state index contributed by atoms with van der Waals surface area (Å²) in [6.45, 7) is 5.22. The zero-order valence-corrected chi connectivity index (χ0v) is 10.0. The minimum atomic E-state index is 0.385. The lowest BCUT2D eigenvalue weighted by atomic mass is 10.0. The van der Waals surface area contributed by atoms with Crippen molar-refractivity contribution in [3.63, 3.8) is 0 Å². The summed E-state index contributed by atoms with van der Waals surface area (Å²) >= 11 is 0. The zero-order valence-electron chi connectivity index (χ0n) is 10.0. The van der Waals surface area contributed by atoms with E-state index in [1.54, 1.807) is 0 Å². The highest BCUT2D eigenvalue weighted by atomic mass is 16.5. The Morgan fingerprint density at radius 2 is 2.19 bits per heavy atom. The molecule has 1 fully saturated rings. The van der Waals surface area contributed by atoms with Crippen LogP contribution in [0.1, 0.15) is 38.3 Å². The molecule has 1 N–H and O–H groups in total. The molecule has 0 saturated carbocycles. The van der Waals surface area contributed by atoms with Gasteiger partial charge in [-0.15, -0.1) is 0 Å². The smallest absolute Gasteiger partial charge is 0.0561 e. The second-order valence-corrected chi connectivity index (χ2v) is 4.57. The number of rotatable bonds is 3. The van der Waals surface area contributed by atoms with Crippen molar-refractivity contribution in [2.45, 2.75) is 44.9 Å². The summed E-state index contributed by atoms with van der Waals surface area (Å²) in [5.41, 5.74) is 1.30. The van der Waals surface area contributed by atoms with Crippen molar-refractivity contribution in [2.75, 3.05) is 6.61 Å². The van der Waals surface area contributed by atoms with Crippen molar-refractivity contribution < 1.29 is 4.74 Å². The lowest BCUT2D eigenvalue weighted by molar-refractivity contribution is 0.0116. The van der Waals surface area contributed by atoms with Crippen LogP contribution in [0.25, 0.3) is 0 Å². The average molecular weight is 220 g/mol. The molecule has 1 aliphatic heterocycles. The van der Waals surface area contributed by atoms with E-state index in [-0.39, 0.29) is 0 Å². The highest BCUT2D eigenvalue weighted by Crippen LogP contribution is 2.18. The summed E-state index contributed by atoms with van der Waals surface area (Å²) in [6, 6.07) is 5.10. The van der Waals surface area contributed by atoms with E-state index in [1.807, 2.05) is 12.4 Å². The lowest BCUT2D eigenvalue weighted by Gasteiger charge is -2.30. The van der Waals surface area contributed by atoms with Crippen molar-refractivity contribution in [1.29, 1.82) is 0 Å². The van der Waals surface area contributed by atoms with Gasteiger partial charge in [0.15, 0.2) is 0 Å². The predicted molar refractivity (Wildman–Crippen MR) is 64.2 cm³/mol. The van der Waals surface area contributed by atoms with Crippen molar-refractivity contribution in [3.05, 3.63) is 30.1 Å². The first kappa shape index (κ1) is 11.6. The first-order valence-electron chi connectivity index (χ1n) is 6.03. The van der Waals surface area contributed by atoms with Crippen LogP contribution in [0.3, 0.4) is 0 Å². The van der Waals surface area contributed by atoms with Crippen LogP contribution in [0.2, 0.25) is 0 Å². The number of hydrogen-bond donors (Lipinski definition) is 1. The van der Waals surface area contributed by atoms with Crippen LogP contribution >= 0.6 is 0 Å². The topological polar surface area (TPSA) is 34.2 Å². The summed E-state index contributed by atoms with van der Waals surface area (Å²) in [5.74, 6) is 0. The maximum Gasteiger partial charge on any atom is 0.0561 e. The van der Waals surface area contributed by atoms with Crippen LogP contribution in [-0.2, 0) is 4.74 Å². The van der Waals surface area contributed by atoms with Gasteiger partial charge in [-0.1, -0.05) is 0 Å². The maximum absolute atomic E-state index is 5.55. The quantitative estimate of drug-likeness (QED) is 0.848. The number of pyridine rings is 1. The van der Waals surface area contributed by atoms with Gasteiger partial charge in [0.05, 0.1) is 6.10 Å². The van der Waals surface area contributed by atoms with Gasteiger partial charge in [-0.2, -0.15) is 0 Å². The Morgan fingerprint density at radius 3 is 2.88 bits per heavy atom. The number of aromatic nitrogens is 1. The second kappa shape index (κ2) is 5.41.